The van der Waals surface area contributed by atoms with Crippen molar-refractivity contribution in [2.45, 2.75) is 46.2 Å². The van der Waals surface area contributed by atoms with E-state index < -0.39 is 0 Å². The van der Waals surface area contributed by atoms with Gasteiger partial charge in [0.1, 0.15) is 0 Å². The monoisotopic (exact) mass is 250 g/mol. The minimum atomic E-state index is 0.189. The first kappa shape index (κ1) is 15.0. The minimum absolute atomic E-state index is 0.189. The first-order valence-electron chi connectivity index (χ1n) is 6.84. The Morgan fingerprint density at radius 3 is 2.39 bits per heavy atom. The molecule has 3 heteroatoms. The predicted octanol–water partition coefficient (Wildman–Crippen LogP) is 2.44. The summed E-state index contributed by atoms with van der Waals surface area (Å²) in [6.45, 7) is 7.94. The van der Waals surface area contributed by atoms with Crippen LogP contribution in [0.15, 0.2) is 18.2 Å². The lowest BCUT2D eigenvalue weighted by Crippen LogP contribution is -2.36. The second-order valence-electron chi connectivity index (χ2n) is 4.70. The van der Waals surface area contributed by atoms with Crippen molar-refractivity contribution in [2.75, 3.05) is 18.1 Å². The Labute approximate surface area is 111 Å². The van der Waals surface area contributed by atoms with Gasteiger partial charge in [0, 0.05) is 24.8 Å². The summed E-state index contributed by atoms with van der Waals surface area (Å²) in [4.78, 5) is 2.30. The number of aliphatic hydroxyl groups is 1. The normalized spacial score (nSPS) is 11.0. The van der Waals surface area contributed by atoms with Crippen LogP contribution in [0.2, 0.25) is 0 Å². The molecule has 0 aliphatic carbocycles. The van der Waals surface area contributed by atoms with Gasteiger partial charge >= 0.3 is 0 Å². The van der Waals surface area contributed by atoms with Gasteiger partial charge in [-0.15, -0.1) is 0 Å². The molecule has 0 heterocycles. The van der Waals surface area contributed by atoms with E-state index in [4.69, 9.17) is 5.73 Å². The van der Waals surface area contributed by atoms with Gasteiger partial charge in [-0.3, -0.25) is 0 Å². The summed E-state index contributed by atoms with van der Waals surface area (Å²) in [5.74, 6) is 0. The molecule has 0 aliphatic heterocycles. The van der Waals surface area contributed by atoms with E-state index in [2.05, 4.69) is 43.9 Å². The third-order valence-corrected chi connectivity index (χ3v) is 3.60. The average molecular weight is 250 g/mol. The van der Waals surface area contributed by atoms with E-state index in [1.165, 1.54) is 16.8 Å². The maximum Gasteiger partial charge on any atom is 0.0606 e. The molecule has 0 fully saturated rings. The lowest BCUT2D eigenvalue weighted by atomic mass is 10.0. The molecular weight excluding hydrogens is 224 g/mol. The number of anilines is 1. The molecule has 1 aromatic rings. The molecule has 102 valence electrons. The third kappa shape index (κ3) is 3.47. The zero-order chi connectivity index (χ0) is 13.5. The van der Waals surface area contributed by atoms with Crippen molar-refractivity contribution in [3.8, 4) is 0 Å². The van der Waals surface area contributed by atoms with Crippen LogP contribution in [-0.2, 0) is 6.54 Å². The van der Waals surface area contributed by atoms with Gasteiger partial charge in [-0.05, 0) is 43.0 Å². The second kappa shape index (κ2) is 7.39. The standard InChI is InChI=1S/C15H26N2O/c1-4-14(5-2)17(8-9-18)15-7-6-13(11-16)12(3)10-15/h6-7,10,14,18H,4-5,8-9,11,16H2,1-3H3. The number of aryl methyl sites for hydroxylation is 1. The van der Waals surface area contributed by atoms with Crippen LogP contribution in [0.3, 0.4) is 0 Å². The van der Waals surface area contributed by atoms with Crippen molar-refractivity contribution in [3.05, 3.63) is 29.3 Å². The largest absolute Gasteiger partial charge is 0.395 e. The van der Waals surface area contributed by atoms with Gasteiger partial charge in [-0.2, -0.15) is 0 Å². The highest BCUT2D eigenvalue weighted by atomic mass is 16.3. The fraction of sp³-hybridized carbons (Fsp3) is 0.600. The smallest absolute Gasteiger partial charge is 0.0606 e. The fourth-order valence-electron chi connectivity index (χ4n) is 2.45. The highest BCUT2D eigenvalue weighted by molar-refractivity contribution is 5.51. The van der Waals surface area contributed by atoms with Crippen molar-refractivity contribution in [1.29, 1.82) is 0 Å². The van der Waals surface area contributed by atoms with E-state index in [1.807, 2.05) is 0 Å². The van der Waals surface area contributed by atoms with Gasteiger partial charge in [0.15, 0.2) is 0 Å². The first-order valence-corrected chi connectivity index (χ1v) is 6.84. The third-order valence-electron chi connectivity index (χ3n) is 3.60. The Kier molecular flexibility index (Phi) is 6.16. The molecule has 0 radical (unpaired) electrons. The van der Waals surface area contributed by atoms with E-state index in [9.17, 15) is 5.11 Å². The van der Waals surface area contributed by atoms with Gasteiger partial charge in [0.2, 0.25) is 0 Å². The molecule has 18 heavy (non-hydrogen) atoms. The van der Waals surface area contributed by atoms with Crippen LogP contribution >= 0.6 is 0 Å². The molecule has 3 nitrogen and oxygen atoms in total. The maximum absolute atomic E-state index is 9.25. The summed E-state index contributed by atoms with van der Waals surface area (Å²) < 4.78 is 0. The summed E-state index contributed by atoms with van der Waals surface area (Å²) in [5.41, 5.74) is 9.29. The van der Waals surface area contributed by atoms with Crippen LogP contribution in [0.25, 0.3) is 0 Å². The summed E-state index contributed by atoms with van der Waals surface area (Å²) in [5, 5.41) is 9.25. The van der Waals surface area contributed by atoms with Crippen molar-refractivity contribution < 1.29 is 5.11 Å². The van der Waals surface area contributed by atoms with Crippen molar-refractivity contribution >= 4 is 5.69 Å². The molecular formula is C15H26N2O. The van der Waals surface area contributed by atoms with Crippen molar-refractivity contribution in [1.82, 2.24) is 0 Å². The van der Waals surface area contributed by atoms with Crippen molar-refractivity contribution in [3.63, 3.8) is 0 Å². The fourth-order valence-corrected chi connectivity index (χ4v) is 2.45. The lowest BCUT2D eigenvalue weighted by Gasteiger charge is -2.32. The van der Waals surface area contributed by atoms with E-state index in [0.29, 0.717) is 19.1 Å². The molecule has 0 aliphatic rings. The Balaban J connectivity index is 3.01. The number of hydrogen-bond acceptors (Lipinski definition) is 3. The van der Waals surface area contributed by atoms with Gasteiger partial charge in [0.05, 0.1) is 6.61 Å². The van der Waals surface area contributed by atoms with E-state index >= 15 is 0 Å². The molecule has 0 saturated heterocycles. The summed E-state index contributed by atoms with van der Waals surface area (Å²) in [6.07, 6.45) is 2.18. The topological polar surface area (TPSA) is 49.5 Å². The van der Waals surface area contributed by atoms with Gasteiger partial charge in [-0.1, -0.05) is 19.9 Å². The summed E-state index contributed by atoms with van der Waals surface area (Å²) in [6, 6.07) is 6.87. The molecule has 1 aromatic carbocycles. The van der Waals surface area contributed by atoms with Crippen LogP contribution in [0.1, 0.15) is 37.8 Å². The SMILES string of the molecule is CCC(CC)N(CCO)c1ccc(CN)c(C)c1. The number of rotatable bonds is 7. The molecule has 0 spiro atoms. The van der Waals surface area contributed by atoms with Gasteiger partial charge in [-0.25, -0.2) is 0 Å². The molecule has 1 rings (SSSR count). The minimum Gasteiger partial charge on any atom is -0.395 e. The molecule has 0 atom stereocenters. The molecule has 0 aromatic heterocycles. The number of benzene rings is 1. The number of nitrogens with zero attached hydrogens (tertiary/aromatic N) is 1. The van der Waals surface area contributed by atoms with Crippen LogP contribution in [0.5, 0.6) is 0 Å². The molecule has 0 saturated carbocycles. The molecule has 0 unspecified atom stereocenters. The zero-order valence-electron chi connectivity index (χ0n) is 11.8. The number of aliphatic hydroxyl groups excluding tert-OH is 1. The van der Waals surface area contributed by atoms with Crippen LogP contribution in [-0.4, -0.2) is 24.3 Å². The van der Waals surface area contributed by atoms with E-state index in [-0.39, 0.29) is 6.61 Å². The highest BCUT2D eigenvalue weighted by Gasteiger charge is 2.15. The van der Waals surface area contributed by atoms with E-state index in [1.54, 1.807) is 0 Å². The van der Waals surface area contributed by atoms with Crippen LogP contribution < -0.4 is 10.6 Å². The maximum atomic E-state index is 9.25. The van der Waals surface area contributed by atoms with Crippen molar-refractivity contribution in [2.24, 2.45) is 5.73 Å². The number of hydrogen-bond donors (Lipinski definition) is 2. The van der Waals surface area contributed by atoms with Crippen LogP contribution in [0.4, 0.5) is 5.69 Å². The average Bonchev–Trinajstić information content (AvgIpc) is 2.39. The molecule has 0 amide bonds. The Hall–Kier alpha value is -1.06. The Morgan fingerprint density at radius 2 is 1.94 bits per heavy atom. The predicted molar refractivity (Wildman–Crippen MR) is 77.9 cm³/mol. The number of nitrogens with two attached hydrogens (primary N) is 1. The Morgan fingerprint density at radius 1 is 1.28 bits per heavy atom. The lowest BCUT2D eigenvalue weighted by molar-refractivity contribution is 0.296. The summed E-state index contributed by atoms with van der Waals surface area (Å²) >= 11 is 0. The molecule has 3 N–H and O–H groups in total. The highest BCUT2D eigenvalue weighted by Crippen LogP contribution is 2.23. The Bertz CT molecular complexity index is 362. The quantitative estimate of drug-likeness (QED) is 0.781. The van der Waals surface area contributed by atoms with Gasteiger partial charge in [0.25, 0.3) is 0 Å². The van der Waals surface area contributed by atoms with Crippen LogP contribution in [0, 0.1) is 6.92 Å². The molecule has 0 bridgehead atoms. The van der Waals surface area contributed by atoms with Gasteiger partial charge < -0.3 is 15.7 Å². The second-order valence-corrected chi connectivity index (χ2v) is 4.70. The first-order chi connectivity index (χ1) is 8.67. The zero-order valence-corrected chi connectivity index (χ0v) is 11.8. The van der Waals surface area contributed by atoms with E-state index in [0.717, 1.165) is 12.8 Å². The summed E-state index contributed by atoms with van der Waals surface area (Å²) in [7, 11) is 0.